The van der Waals surface area contributed by atoms with Gasteiger partial charge in [0.05, 0.1) is 0 Å². The van der Waals surface area contributed by atoms with E-state index in [1.54, 1.807) is 0 Å². The highest BCUT2D eigenvalue weighted by molar-refractivity contribution is 9.10. The molecule has 3 heteroatoms. The Bertz CT molecular complexity index is 291. The molecule has 1 unspecified atom stereocenters. The molecule has 0 aliphatic carbocycles. The maximum absolute atomic E-state index is 8.64. The van der Waals surface area contributed by atoms with Crippen molar-refractivity contribution in [1.82, 2.24) is 5.32 Å². The minimum atomic E-state index is 0.262. The molecular formula is C12H18BrNO. The molecule has 0 aromatic heterocycles. The van der Waals surface area contributed by atoms with E-state index in [1.165, 1.54) is 5.56 Å². The molecule has 15 heavy (non-hydrogen) atoms. The molecule has 0 heterocycles. The zero-order valence-corrected chi connectivity index (χ0v) is 10.6. The van der Waals surface area contributed by atoms with Gasteiger partial charge in [-0.05, 0) is 36.6 Å². The van der Waals surface area contributed by atoms with Crippen LogP contribution in [-0.4, -0.2) is 24.8 Å². The Morgan fingerprint density at radius 3 is 2.93 bits per heavy atom. The summed E-state index contributed by atoms with van der Waals surface area (Å²) in [5, 5.41) is 12.0. The van der Waals surface area contributed by atoms with Gasteiger partial charge in [0, 0.05) is 17.6 Å². The summed E-state index contributed by atoms with van der Waals surface area (Å²) in [5.41, 5.74) is 1.33. The van der Waals surface area contributed by atoms with Gasteiger partial charge in [-0.1, -0.05) is 35.0 Å². The molecule has 0 aliphatic rings. The van der Waals surface area contributed by atoms with Crippen molar-refractivity contribution >= 4 is 15.9 Å². The van der Waals surface area contributed by atoms with E-state index >= 15 is 0 Å². The lowest BCUT2D eigenvalue weighted by Gasteiger charge is -2.13. The van der Waals surface area contributed by atoms with E-state index in [1.807, 2.05) is 6.07 Å². The third kappa shape index (κ3) is 4.78. The van der Waals surface area contributed by atoms with Crippen molar-refractivity contribution in [3.63, 3.8) is 0 Å². The summed E-state index contributed by atoms with van der Waals surface area (Å²) in [7, 11) is 0. The minimum absolute atomic E-state index is 0.262. The molecular weight excluding hydrogens is 254 g/mol. The summed E-state index contributed by atoms with van der Waals surface area (Å²) >= 11 is 3.47. The lowest BCUT2D eigenvalue weighted by Crippen LogP contribution is -2.21. The van der Waals surface area contributed by atoms with Crippen LogP contribution >= 0.6 is 15.9 Å². The van der Waals surface area contributed by atoms with E-state index in [-0.39, 0.29) is 6.61 Å². The average molecular weight is 272 g/mol. The predicted octanol–water partition coefficient (Wildman–Crippen LogP) is 2.52. The summed E-state index contributed by atoms with van der Waals surface area (Å²) < 4.78 is 1.13. The molecule has 0 saturated heterocycles. The molecule has 1 atom stereocenters. The van der Waals surface area contributed by atoms with Crippen LogP contribution in [0.15, 0.2) is 28.7 Å². The first-order chi connectivity index (χ1) is 7.24. The van der Waals surface area contributed by atoms with Crippen molar-refractivity contribution in [2.24, 2.45) is 0 Å². The lowest BCUT2D eigenvalue weighted by atomic mass is 10.0. The van der Waals surface area contributed by atoms with Crippen molar-refractivity contribution < 1.29 is 5.11 Å². The van der Waals surface area contributed by atoms with Crippen LogP contribution in [0.2, 0.25) is 0 Å². The minimum Gasteiger partial charge on any atom is -0.396 e. The summed E-state index contributed by atoms with van der Waals surface area (Å²) in [6, 6.07) is 8.39. The standard InChI is InChI=1S/C12H18BrNO/c1-10(9-14-6-3-7-15)11-4-2-5-12(13)8-11/h2,4-5,8,10,14-15H,3,6-7,9H2,1H3. The molecule has 1 rings (SSSR count). The van der Waals surface area contributed by atoms with Gasteiger partial charge >= 0.3 is 0 Å². The fraction of sp³-hybridized carbons (Fsp3) is 0.500. The third-order valence-corrected chi connectivity index (χ3v) is 2.87. The third-order valence-electron chi connectivity index (χ3n) is 2.38. The zero-order valence-electron chi connectivity index (χ0n) is 9.04. The normalized spacial score (nSPS) is 12.7. The van der Waals surface area contributed by atoms with E-state index in [2.05, 4.69) is 46.4 Å². The van der Waals surface area contributed by atoms with Gasteiger partial charge in [0.15, 0.2) is 0 Å². The molecule has 0 amide bonds. The van der Waals surface area contributed by atoms with E-state index < -0.39 is 0 Å². The molecule has 0 aliphatic heterocycles. The summed E-state index contributed by atoms with van der Waals surface area (Å²) in [6.07, 6.45) is 0.825. The number of benzene rings is 1. The average Bonchev–Trinajstić information content (AvgIpc) is 2.24. The molecule has 1 aromatic carbocycles. The highest BCUT2D eigenvalue weighted by Gasteiger charge is 2.04. The maximum Gasteiger partial charge on any atom is 0.0443 e. The second-order valence-electron chi connectivity index (χ2n) is 3.74. The Morgan fingerprint density at radius 2 is 2.27 bits per heavy atom. The van der Waals surface area contributed by atoms with Crippen LogP contribution in [0.4, 0.5) is 0 Å². The Labute approximate surface area is 99.8 Å². The molecule has 0 saturated carbocycles. The van der Waals surface area contributed by atoms with Gasteiger partial charge in [-0.25, -0.2) is 0 Å². The fourth-order valence-corrected chi connectivity index (χ4v) is 1.87. The molecule has 0 radical (unpaired) electrons. The quantitative estimate of drug-likeness (QED) is 0.780. The first kappa shape index (κ1) is 12.7. The van der Waals surface area contributed by atoms with Crippen molar-refractivity contribution in [3.8, 4) is 0 Å². The SMILES string of the molecule is CC(CNCCCO)c1cccc(Br)c1. The topological polar surface area (TPSA) is 32.3 Å². The molecule has 0 spiro atoms. The number of aliphatic hydroxyl groups excluding tert-OH is 1. The smallest absolute Gasteiger partial charge is 0.0443 e. The summed E-state index contributed by atoms with van der Waals surface area (Å²) in [6.45, 7) is 4.30. The molecule has 0 fully saturated rings. The van der Waals surface area contributed by atoms with Crippen molar-refractivity contribution in [2.75, 3.05) is 19.7 Å². The van der Waals surface area contributed by atoms with Gasteiger partial charge in [0.1, 0.15) is 0 Å². The largest absolute Gasteiger partial charge is 0.396 e. The molecule has 84 valence electrons. The number of hydrogen-bond acceptors (Lipinski definition) is 2. The van der Waals surface area contributed by atoms with Crippen LogP contribution in [-0.2, 0) is 0 Å². The molecule has 1 aromatic rings. The number of rotatable bonds is 6. The van der Waals surface area contributed by atoms with E-state index in [0.29, 0.717) is 5.92 Å². The van der Waals surface area contributed by atoms with Gasteiger partial charge < -0.3 is 10.4 Å². The second kappa shape index (κ2) is 6.99. The fourth-order valence-electron chi connectivity index (χ4n) is 1.45. The number of aliphatic hydroxyl groups is 1. The number of hydrogen-bond donors (Lipinski definition) is 2. The van der Waals surface area contributed by atoms with Gasteiger partial charge in [-0.2, -0.15) is 0 Å². The van der Waals surface area contributed by atoms with Gasteiger partial charge in [-0.15, -0.1) is 0 Å². The number of halogens is 1. The van der Waals surface area contributed by atoms with Crippen LogP contribution in [0.25, 0.3) is 0 Å². The first-order valence-corrected chi connectivity index (χ1v) is 6.10. The van der Waals surface area contributed by atoms with Crippen LogP contribution in [0.3, 0.4) is 0 Å². The molecule has 2 nitrogen and oxygen atoms in total. The predicted molar refractivity (Wildman–Crippen MR) is 67.1 cm³/mol. The van der Waals surface area contributed by atoms with Gasteiger partial charge in [0.2, 0.25) is 0 Å². The Balaban J connectivity index is 2.36. The first-order valence-electron chi connectivity index (χ1n) is 5.31. The Hall–Kier alpha value is -0.380. The van der Waals surface area contributed by atoms with Gasteiger partial charge in [-0.3, -0.25) is 0 Å². The van der Waals surface area contributed by atoms with Crippen LogP contribution < -0.4 is 5.32 Å². The van der Waals surface area contributed by atoms with Crippen molar-refractivity contribution in [3.05, 3.63) is 34.3 Å². The van der Waals surface area contributed by atoms with E-state index in [0.717, 1.165) is 24.0 Å². The van der Waals surface area contributed by atoms with Crippen LogP contribution in [0.5, 0.6) is 0 Å². The molecule has 0 bridgehead atoms. The Morgan fingerprint density at radius 1 is 1.47 bits per heavy atom. The van der Waals surface area contributed by atoms with E-state index in [4.69, 9.17) is 5.11 Å². The number of nitrogens with one attached hydrogen (secondary N) is 1. The Kier molecular flexibility index (Phi) is 5.91. The van der Waals surface area contributed by atoms with Crippen LogP contribution in [0.1, 0.15) is 24.8 Å². The zero-order chi connectivity index (χ0) is 11.1. The lowest BCUT2D eigenvalue weighted by molar-refractivity contribution is 0.286. The van der Waals surface area contributed by atoms with Crippen LogP contribution in [0, 0.1) is 0 Å². The highest BCUT2D eigenvalue weighted by atomic mass is 79.9. The maximum atomic E-state index is 8.64. The molecule has 2 N–H and O–H groups in total. The summed E-state index contributed by atoms with van der Waals surface area (Å²) in [4.78, 5) is 0. The second-order valence-corrected chi connectivity index (χ2v) is 4.65. The summed E-state index contributed by atoms with van der Waals surface area (Å²) in [5.74, 6) is 0.501. The van der Waals surface area contributed by atoms with E-state index in [9.17, 15) is 0 Å². The monoisotopic (exact) mass is 271 g/mol. The highest BCUT2D eigenvalue weighted by Crippen LogP contribution is 2.18. The van der Waals surface area contributed by atoms with Crippen molar-refractivity contribution in [1.29, 1.82) is 0 Å². The van der Waals surface area contributed by atoms with Crippen molar-refractivity contribution in [2.45, 2.75) is 19.3 Å². The van der Waals surface area contributed by atoms with Gasteiger partial charge in [0.25, 0.3) is 0 Å².